The Balaban J connectivity index is 2.76. The number of nitrogens with zero attached hydrogens (tertiary/aromatic N) is 1. The molecule has 3 atom stereocenters. The number of thiocarbonyl (C=S) groups is 1. The van der Waals surface area contributed by atoms with Gasteiger partial charge in [0.15, 0.2) is 18.5 Å². The maximum atomic E-state index is 13.6. The molecule has 0 aromatic carbocycles. The highest BCUT2D eigenvalue weighted by Gasteiger charge is 2.37. The van der Waals surface area contributed by atoms with E-state index in [-0.39, 0.29) is 12.8 Å². The van der Waals surface area contributed by atoms with Crippen molar-refractivity contribution in [1.82, 2.24) is 0 Å². The van der Waals surface area contributed by atoms with Crippen LogP contribution in [0.4, 0.5) is 22.0 Å². The second-order valence-corrected chi connectivity index (χ2v) is 4.37. The van der Waals surface area contributed by atoms with Gasteiger partial charge < -0.3 is 4.74 Å². The van der Waals surface area contributed by atoms with Crippen molar-refractivity contribution in [3.8, 4) is 0 Å². The molecule has 1 aliphatic rings. The van der Waals surface area contributed by atoms with Crippen LogP contribution in [-0.2, 0) is 4.74 Å². The second kappa shape index (κ2) is 6.36. The lowest BCUT2D eigenvalue weighted by molar-refractivity contribution is -0.168. The largest absolute Gasteiger partial charge is 0.483 e. The summed E-state index contributed by atoms with van der Waals surface area (Å²) in [5.41, 5.74) is 6.83. The van der Waals surface area contributed by atoms with E-state index in [1.807, 2.05) is 0 Å². The normalized spacial score (nSPS) is 25.9. The standard InChI is InChI=1S/C10H11F5N2OS/c11-6-1-5(8(3-19)17-16)2-7(12)9(6)18-4-10(13,14)15/h3,5-6,8,16H,1-2,4H2. The summed E-state index contributed by atoms with van der Waals surface area (Å²) in [6.45, 7) is -1.74. The number of halogens is 5. The lowest BCUT2D eigenvalue weighted by Crippen LogP contribution is -2.30. The van der Waals surface area contributed by atoms with Gasteiger partial charge in [-0.3, -0.25) is 0 Å². The summed E-state index contributed by atoms with van der Waals surface area (Å²) in [6.07, 6.45) is -7.26. The summed E-state index contributed by atoms with van der Waals surface area (Å²) in [6, 6.07) is -0.830. The quantitative estimate of drug-likeness (QED) is 0.475. The molecule has 0 aromatic heterocycles. The molecule has 9 heteroatoms. The zero-order valence-electron chi connectivity index (χ0n) is 9.58. The van der Waals surface area contributed by atoms with E-state index in [2.05, 4.69) is 22.1 Å². The molecule has 0 saturated heterocycles. The fourth-order valence-corrected chi connectivity index (χ4v) is 2.08. The Morgan fingerprint density at radius 1 is 1.53 bits per heavy atom. The summed E-state index contributed by atoms with van der Waals surface area (Å²) in [7, 11) is 0. The van der Waals surface area contributed by atoms with Crippen molar-refractivity contribution in [2.75, 3.05) is 6.61 Å². The molecule has 0 fully saturated rings. The van der Waals surface area contributed by atoms with Gasteiger partial charge in [-0.2, -0.15) is 18.3 Å². The van der Waals surface area contributed by atoms with Crippen molar-refractivity contribution < 1.29 is 26.7 Å². The summed E-state index contributed by atoms with van der Waals surface area (Å²) in [4.78, 5) is 0. The molecular formula is C10H11F5N2OS. The van der Waals surface area contributed by atoms with Crippen LogP contribution in [0.2, 0.25) is 0 Å². The van der Waals surface area contributed by atoms with Gasteiger partial charge in [-0.15, -0.1) is 0 Å². The van der Waals surface area contributed by atoms with E-state index >= 15 is 0 Å². The van der Waals surface area contributed by atoms with E-state index in [9.17, 15) is 22.0 Å². The predicted molar refractivity (Wildman–Crippen MR) is 60.4 cm³/mol. The van der Waals surface area contributed by atoms with Crippen molar-refractivity contribution in [2.24, 2.45) is 11.0 Å². The minimum Gasteiger partial charge on any atom is -0.483 e. The van der Waals surface area contributed by atoms with E-state index in [0.29, 0.717) is 0 Å². The van der Waals surface area contributed by atoms with E-state index in [1.165, 1.54) is 0 Å². The fraction of sp³-hybridized carbons (Fsp3) is 0.700. The van der Waals surface area contributed by atoms with Crippen molar-refractivity contribution in [2.45, 2.75) is 31.2 Å². The summed E-state index contributed by atoms with van der Waals surface area (Å²) in [5, 5.41) is 4.23. The number of hydrogen-bond acceptors (Lipinski definition) is 4. The van der Waals surface area contributed by atoms with E-state index in [4.69, 9.17) is 5.53 Å². The maximum absolute atomic E-state index is 13.6. The van der Waals surface area contributed by atoms with E-state index in [0.717, 1.165) is 5.37 Å². The highest BCUT2D eigenvalue weighted by molar-refractivity contribution is 7.79. The highest BCUT2D eigenvalue weighted by Crippen LogP contribution is 2.36. The molecule has 1 rings (SSSR count). The minimum atomic E-state index is -4.66. The van der Waals surface area contributed by atoms with Crippen LogP contribution in [0, 0.1) is 11.4 Å². The highest BCUT2D eigenvalue weighted by atomic mass is 32.1. The molecule has 1 aliphatic carbocycles. The zero-order chi connectivity index (χ0) is 14.6. The van der Waals surface area contributed by atoms with Crippen molar-refractivity contribution >= 4 is 17.6 Å². The average molecular weight is 302 g/mol. The Morgan fingerprint density at radius 2 is 2.16 bits per heavy atom. The number of hydrogen-bond donors (Lipinski definition) is 1. The molecular weight excluding hydrogens is 291 g/mol. The Labute approximate surface area is 111 Å². The molecule has 0 bridgehead atoms. The Morgan fingerprint density at radius 3 is 2.58 bits per heavy atom. The molecule has 0 radical (unpaired) electrons. The first-order chi connectivity index (χ1) is 8.78. The minimum absolute atomic E-state index is 0.277. The van der Waals surface area contributed by atoms with Gasteiger partial charge in [-0.05, 0) is 12.3 Å². The third-order valence-corrected chi connectivity index (χ3v) is 2.94. The van der Waals surface area contributed by atoms with Crippen LogP contribution in [0.3, 0.4) is 0 Å². The van der Waals surface area contributed by atoms with Gasteiger partial charge in [0.2, 0.25) is 0 Å². The van der Waals surface area contributed by atoms with E-state index in [1.54, 1.807) is 0 Å². The summed E-state index contributed by atoms with van der Waals surface area (Å²) >= 11 is 4.58. The number of allylic oxidation sites excluding steroid dienone is 2. The first kappa shape index (κ1) is 15.9. The SMILES string of the molecule is N=NC(C=S)C1CC(F)=C(OCC(F)(F)F)C(F)C1. The van der Waals surface area contributed by atoms with Crippen LogP contribution >= 0.6 is 12.2 Å². The fourth-order valence-electron chi connectivity index (χ4n) is 1.79. The molecule has 0 aromatic rings. The van der Waals surface area contributed by atoms with Crippen LogP contribution in [-0.4, -0.2) is 30.4 Å². The van der Waals surface area contributed by atoms with Crippen LogP contribution < -0.4 is 0 Å². The topological polar surface area (TPSA) is 45.4 Å². The molecule has 0 amide bonds. The van der Waals surface area contributed by atoms with Crippen molar-refractivity contribution in [3.05, 3.63) is 11.6 Å². The van der Waals surface area contributed by atoms with Gasteiger partial charge in [-0.25, -0.2) is 14.3 Å². The van der Waals surface area contributed by atoms with Crippen LogP contribution in [0.5, 0.6) is 0 Å². The molecule has 1 N–H and O–H groups in total. The average Bonchev–Trinajstić information content (AvgIpc) is 2.28. The monoisotopic (exact) mass is 302 g/mol. The lowest BCUT2D eigenvalue weighted by atomic mass is 9.86. The summed E-state index contributed by atoms with van der Waals surface area (Å²) < 4.78 is 67.1. The third-order valence-electron chi connectivity index (χ3n) is 2.67. The Hall–Kier alpha value is -1.12. The molecule has 19 heavy (non-hydrogen) atoms. The smallest absolute Gasteiger partial charge is 0.422 e. The lowest BCUT2D eigenvalue weighted by Gasteiger charge is -2.28. The maximum Gasteiger partial charge on any atom is 0.422 e. The van der Waals surface area contributed by atoms with Gasteiger partial charge in [0.05, 0.1) is 0 Å². The van der Waals surface area contributed by atoms with Gasteiger partial charge in [0.25, 0.3) is 0 Å². The Kier molecular flexibility index (Phi) is 5.33. The van der Waals surface area contributed by atoms with Crippen LogP contribution in [0.15, 0.2) is 16.7 Å². The zero-order valence-corrected chi connectivity index (χ0v) is 10.4. The van der Waals surface area contributed by atoms with Gasteiger partial charge >= 0.3 is 6.18 Å². The van der Waals surface area contributed by atoms with E-state index < -0.39 is 42.5 Å². The predicted octanol–water partition coefficient (Wildman–Crippen LogP) is 3.89. The number of rotatable bonds is 5. The van der Waals surface area contributed by atoms with Gasteiger partial charge in [-0.1, -0.05) is 12.2 Å². The molecule has 3 unspecified atom stereocenters. The van der Waals surface area contributed by atoms with Gasteiger partial charge in [0.1, 0.15) is 11.9 Å². The van der Waals surface area contributed by atoms with Crippen molar-refractivity contribution in [3.63, 3.8) is 0 Å². The van der Waals surface area contributed by atoms with Gasteiger partial charge in [0, 0.05) is 11.8 Å². The molecule has 0 aliphatic heterocycles. The van der Waals surface area contributed by atoms with Crippen molar-refractivity contribution in [1.29, 1.82) is 5.53 Å². The number of ether oxygens (including phenoxy) is 1. The first-order valence-electron chi connectivity index (χ1n) is 5.32. The molecule has 0 spiro atoms. The summed E-state index contributed by atoms with van der Waals surface area (Å²) in [5.74, 6) is -2.68. The van der Waals surface area contributed by atoms with Crippen LogP contribution in [0.1, 0.15) is 12.8 Å². The molecule has 0 saturated carbocycles. The number of nitrogens with one attached hydrogen (secondary N) is 1. The molecule has 0 heterocycles. The molecule has 3 nitrogen and oxygen atoms in total. The second-order valence-electron chi connectivity index (χ2n) is 4.10. The third kappa shape index (κ3) is 4.48. The number of alkyl halides is 4. The Bertz CT molecular complexity index is 377. The van der Waals surface area contributed by atoms with Crippen LogP contribution in [0.25, 0.3) is 0 Å². The molecule has 108 valence electrons. The first-order valence-corrected chi connectivity index (χ1v) is 5.79.